The summed E-state index contributed by atoms with van der Waals surface area (Å²) in [6.07, 6.45) is 6.63. The van der Waals surface area contributed by atoms with Gasteiger partial charge in [0.15, 0.2) is 5.65 Å². The molecular weight excluding hydrogens is 593 g/mol. The number of methoxy groups -OCH3 is 1. The Hall–Kier alpha value is -4.88. The van der Waals surface area contributed by atoms with Gasteiger partial charge in [-0.25, -0.2) is 30.2 Å². The maximum Gasteiger partial charge on any atom is 0.269 e. The fourth-order valence-corrected chi connectivity index (χ4v) is 6.99. The standard InChI is InChI=1S/C30H24FN5O5S2/c1-18-6-9-21(10-7-18)43(39,40)36-26-17-33-25(20-5-4-12-32-15-20)14-22(26)29-28(23(31)16-34-30(29)36)19-8-11-24(27(13-19)41-2)35-42(3,37)38/h4-17,35H,1-3H3. The molecule has 0 aliphatic heterocycles. The largest absolute Gasteiger partial charge is 0.495 e. The van der Waals surface area contributed by atoms with Gasteiger partial charge in [-0.15, -0.1) is 0 Å². The van der Waals surface area contributed by atoms with Gasteiger partial charge < -0.3 is 4.74 Å². The minimum absolute atomic E-state index is 0.00517. The molecule has 10 nitrogen and oxygen atoms in total. The van der Waals surface area contributed by atoms with Gasteiger partial charge in [0.25, 0.3) is 10.0 Å². The molecule has 0 fully saturated rings. The summed E-state index contributed by atoms with van der Waals surface area (Å²) in [6.45, 7) is 1.85. The van der Waals surface area contributed by atoms with E-state index in [-0.39, 0.29) is 38.4 Å². The number of sulfonamides is 1. The van der Waals surface area contributed by atoms with Gasteiger partial charge in [-0.2, -0.15) is 0 Å². The first-order valence-electron chi connectivity index (χ1n) is 12.9. The SMILES string of the molecule is COc1cc(-c2c(F)cnc3c2c2cc(-c4cccnc4)ncc2n3S(=O)(=O)c2ccc(C)cc2)ccc1NS(C)(=O)=O. The number of rotatable bonds is 7. The highest BCUT2D eigenvalue weighted by atomic mass is 32.2. The second-order valence-electron chi connectivity index (χ2n) is 9.88. The molecule has 0 radical (unpaired) electrons. The highest BCUT2D eigenvalue weighted by molar-refractivity contribution is 7.92. The van der Waals surface area contributed by atoms with Crippen LogP contribution in [0.1, 0.15) is 5.56 Å². The molecule has 0 aliphatic carbocycles. The predicted octanol–water partition coefficient (Wildman–Crippen LogP) is 5.38. The first kappa shape index (κ1) is 28.2. The number of hydrogen-bond acceptors (Lipinski definition) is 8. The van der Waals surface area contributed by atoms with Crippen LogP contribution in [0.3, 0.4) is 0 Å². The van der Waals surface area contributed by atoms with Gasteiger partial charge in [-0.3, -0.25) is 14.7 Å². The van der Waals surface area contributed by atoms with Crippen molar-refractivity contribution < 1.29 is 26.0 Å². The van der Waals surface area contributed by atoms with Crippen LogP contribution in [0, 0.1) is 12.7 Å². The quantitative estimate of drug-likeness (QED) is 0.253. The first-order chi connectivity index (χ1) is 20.5. The Labute approximate surface area is 246 Å². The average Bonchev–Trinajstić information content (AvgIpc) is 3.32. The minimum atomic E-state index is -4.22. The molecule has 0 atom stereocenters. The number of benzene rings is 2. The van der Waals surface area contributed by atoms with Crippen LogP contribution >= 0.6 is 0 Å². The Bertz CT molecular complexity index is 2260. The molecule has 43 heavy (non-hydrogen) atoms. The van der Waals surface area contributed by atoms with Gasteiger partial charge in [0.1, 0.15) is 11.6 Å². The summed E-state index contributed by atoms with van der Waals surface area (Å²) >= 11 is 0. The number of aryl methyl sites for hydroxylation is 1. The van der Waals surface area contributed by atoms with Gasteiger partial charge in [0.2, 0.25) is 10.0 Å². The number of pyridine rings is 3. The summed E-state index contributed by atoms with van der Waals surface area (Å²) in [7, 11) is -6.49. The Kier molecular flexibility index (Phi) is 6.86. The third-order valence-corrected chi connectivity index (χ3v) is 9.19. The zero-order valence-electron chi connectivity index (χ0n) is 23.1. The number of nitrogens with zero attached hydrogens (tertiary/aromatic N) is 4. The number of anilines is 1. The second-order valence-corrected chi connectivity index (χ2v) is 13.4. The third-order valence-electron chi connectivity index (χ3n) is 6.88. The van der Waals surface area contributed by atoms with E-state index in [1.807, 2.05) is 13.0 Å². The summed E-state index contributed by atoms with van der Waals surface area (Å²) in [5.74, 6) is -0.578. The highest BCUT2D eigenvalue weighted by Crippen LogP contribution is 2.41. The van der Waals surface area contributed by atoms with Crippen LogP contribution < -0.4 is 9.46 Å². The molecule has 6 rings (SSSR count). The Morgan fingerprint density at radius 1 is 0.907 bits per heavy atom. The first-order valence-corrected chi connectivity index (χ1v) is 16.2. The van der Waals surface area contributed by atoms with Crippen LogP contribution in [0.15, 0.2) is 90.3 Å². The molecule has 1 N–H and O–H groups in total. The topological polar surface area (TPSA) is 133 Å². The maximum atomic E-state index is 15.8. The second kappa shape index (κ2) is 10.4. The number of halogens is 1. The maximum absolute atomic E-state index is 15.8. The smallest absolute Gasteiger partial charge is 0.269 e. The van der Waals surface area contributed by atoms with Crippen molar-refractivity contribution in [1.82, 2.24) is 18.9 Å². The fraction of sp³-hybridized carbons (Fsp3) is 0.100. The molecule has 4 heterocycles. The molecule has 0 amide bonds. The average molecular weight is 618 g/mol. The zero-order valence-corrected chi connectivity index (χ0v) is 24.7. The lowest BCUT2D eigenvalue weighted by Gasteiger charge is -2.13. The zero-order chi connectivity index (χ0) is 30.5. The Balaban J connectivity index is 1.71. The molecule has 6 aromatic rings. The summed E-state index contributed by atoms with van der Waals surface area (Å²) in [5.41, 5.74) is 2.77. The van der Waals surface area contributed by atoms with Crippen molar-refractivity contribution in [3.05, 3.63) is 96.8 Å². The van der Waals surface area contributed by atoms with E-state index >= 15 is 4.39 Å². The summed E-state index contributed by atoms with van der Waals surface area (Å²) in [5, 5.41) is 0.614. The van der Waals surface area contributed by atoms with Crippen LogP contribution in [0.25, 0.3) is 44.3 Å². The van der Waals surface area contributed by atoms with Crippen LogP contribution in [-0.2, 0) is 20.0 Å². The molecule has 0 saturated carbocycles. The van der Waals surface area contributed by atoms with Crippen LogP contribution in [0.5, 0.6) is 5.75 Å². The molecule has 0 unspecified atom stereocenters. The number of aromatic nitrogens is 4. The van der Waals surface area contributed by atoms with E-state index in [2.05, 4.69) is 19.7 Å². The monoisotopic (exact) mass is 617 g/mol. The van der Waals surface area contributed by atoms with E-state index in [9.17, 15) is 16.8 Å². The Morgan fingerprint density at radius 3 is 2.35 bits per heavy atom. The van der Waals surface area contributed by atoms with E-state index in [1.54, 1.807) is 36.7 Å². The van der Waals surface area contributed by atoms with E-state index in [1.165, 1.54) is 43.6 Å². The van der Waals surface area contributed by atoms with Crippen LogP contribution in [-0.4, -0.2) is 49.1 Å². The van der Waals surface area contributed by atoms with E-state index in [0.717, 1.165) is 22.0 Å². The normalized spacial score (nSPS) is 12.1. The van der Waals surface area contributed by atoms with Crippen molar-refractivity contribution in [2.75, 3.05) is 18.1 Å². The van der Waals surface area contributed by atoms with E-state index in [0.29, 0.717) is 22.2 Å². The molecule has 2 aromatic carbocycles. The van der Waals surface area contributed by atoms with Crippen molar-refractivity contribution in [2.24, 2.45) is 0 Å². The third kappa shape index (κ3) is 5.06. The predicted molar refractivity (Wildman–Crippen MR) is 162 cm³/mol. The van der Waals surface area contributed by atoms with E-state index < -0.39 is 25.9 Å². The van der Waals surface area contributed by atoms with Gasteiger partial charge in [-0.05, 0) is 55.0 Å². The van der Waals surface area contributed by atoms with Gasteiger partial charge in [0.05, 0.1) is 47.6 Å². The molecule has 0 spiro atoms. The number of nitrogens with one attached hydrogen (secondary N) is 1. The lowest BCUT2D eigenvalue weighted by atomic mass is 10.00. The number of ether oxygens (including phenoxy) is 1. The summed E-state index contributed by atoms with van der Waals surface area (Å²) in [6, 6.07) is 16.1. The van der Waals surface area contributed by atoms with Crippen molar-refractivity contribution in [1.29, 1.82) is 0 Å². The molecular formula is C30H24FN5O5S2. The number of hydrogen-bond donors (Lipinski definition) is 1. The van der Waals surface area contributed by atoms with Gasteiger partial charge >= 0.3 is 0 Å². The molecule has 218 valence electrons. The molecule has 0 bridgehead atoms. The summed E-state index contributed by atoms with van der Waals surface area (Å²) < 4.78 is 76.7. The lowest BCUT2D eigenvalue weighted by Crippen LogP contribution is -2.13. The molecule has 13 heteroatoms. The molecule has 4 aromatic heterocycles. The van der Waals surface area contributed by atoms with E-state index in [4.69, 9.17) is 4.74 Å². The Morgan fingerprint density at radius 2 is 1.67 bits per heavy atom. The fourth-order valence-electron chi connectivity index (χ4n) is 4.96. The van der Waals surface area contributed by atoms with Gasteiger partial charge in [0, 0.05) is 34.3 Å². The minimum Gasteiger partial charge on any atom is -0.495 e. The highest BCUT2D eigenvalue weighted by Gasteiger charge is 2.28. The molecule has 0 saturated heterocycles. The van der Waals surface area contributed by atoms with Gasteiger partial charge in [-0.1, -0.05) is 23.8 Å². The number of fused-ring (bicyclic) bond motifs is 3. The lowest BCUT2D eigenvalue weighted by molar-refractivity contribution is 0.417. The van der Waals surface area contributed by atoms with Crippen molar-refractivity contribution in [2.45, 2.75) is 11.8 Å². The van der Waals surface area contributed by atoms with Crippen molar-refractivity contribution >= 4 is 47.7 Å². The van der Waals surface area contributed by atoms with Crippen molar-refractivity contribution in [3.8, 4) is 28.1 Å². The van der Waals surface area contributed by atoms with Crippen LogP contribution in [0.4, 0.5) is 10.1 Å². The van der Waals surface area contributed by atoms with Crippen molar-refractivity contribution in [3.63, 3.8) is 0 Å². The van der Waals surface area contributed by atoms with Crippen LogP contribution in [0.2, 0.25) is 0 Å². The summed E-state index contributed by atoms with van der Waals surface area (Å²) in [4.78, 5) is 13.0. The molecule has 0 aliphatic rings.